The normalized spacial score (nSPS) is 28.6. The highest BCUT2D eigenvalue weighted by molar-refractivity contribution is 4.97. The van der Waals surface area contributed by atoms with Crippen molar-refractivity contribution in [2.75, 3.05) is 6.54 Å². The number of hydrogen-bond donors (Lipinski definition) is 1. The second kappa shape index (κ2) is 5.23. The molecule has 108 valence electrons. The molecule has 0 aliphatic heterocycles. The van der Waals surface area contributed by atoms with E-state index in [0.717, 1.165) is 24.7 Å². The van der Waals surface area contributed by atoms with Crippen LogP contribution in [0.2, 0.25) is 0 Å². The highest BCUT2D eigenvalue weighted by Crippen LogP contribution is 2.46. The number of hydrogen-bond acceptors (Lipinski definition) is 3. The average Bonchev–Trinajstić information content (AvgIpc) is 2.74. The van der Waals surface area contributed by atoms with Crippen LogP contribution in [0.15, 0.2) is 6.33 Å². The lowest BCUT2D eigenvalue weighted by atomic mass is 9.63. The van der Waals surface area contributed by atoms with Gasteiger partial charge >= 0.3 is 0 Å². The molecule has 2 rings (SSSR count). The van der Waals surface area contributed by atoms with Crippen molar-refractivity contribution < 1.29 is 0 Å². The van der Waals surface area contributed by atoms with E-state index in [4.69, 9.17) is 5.73 Å². The summed E-state index contributed by atoms with van der Waals surface area (Å²) < 4.78 is 1.88. The first-order chi connectivity index (χ1) is 8.86. The zero-order valence-corrected chi connectivity index (χ0v) is 12.8. The van der Waals surface area contributed by atoms with Gasteiger partial charge in [0.2, 0.25) is 0 Å². The van der Waals surface area contributed by atoms with Gasteiger partial charge < -0.3 is 5.73 Å². The van der Waals surface area contributed by atoms with Gasteiger partial charge in [0.25, 0.3) is 0 Å². The molecule has 0 saturated heterocycles. The molecule has 0 atom stereocenters. The van der Waals surface area contributed by atoms with Crippen LogP contribution in [0.1, 0.15) is 52.3 Å². The van der Waals surface area contributed by atoms with Crippen molar-refractivity contribution in [3.63, 3.8) is 0 Å². The second-order valence-electron chi connectivity index (χ2n) is 7.32. The maximum absolute atomic E-state index is 6.10. The van der Waals surface area contributed by atoms with Crippen LogP contribution < -0.4 is 5.73 Å². The molecule has 1 aliphatic rings. The summed E-state index contributed by atoms with van der Waals surface area (Å²) in [7, 11) is 1.97. The number of nitrogens with zero attached hydrogens (tertiary/aromatic N) is 3. The third-order valence-electron chi connectivity index (χ3n) is 5.04. The zero-order chi connectivity index (χ0) is 14.1. The van der Waals surface area contributed by atoms with E-state index in [2.05, 4.69) is 30.9 Å². The minimum absolute atomic E-state index is 0.239. The lowest BCUT2D eigenvalue weighted by Crippen LogP contribution is -2.39. The summed E-state index contributed by atoms with van der Waals surface area (Å²) in [5.41, 5.74) is 6.76. The molecule has 1 aliphatic carbocycles. The molecule has 1 saturated carbocycles. The van der Waals surface area contributed by atoms with Gasteiger partial charge in [0.1, 0.15) is 12.2 Å². The predicted molar refractivity (Wildman–Crippen MR) is 77.6 cm³/mol. The number of nitrogens with two attached hydrogens (primary N) is 1. The van der Waals surface area contributed by atoms with E-state index in [-0.39, 0.29) is 5.41 Å². The molecule has 1 aromatic rings. The Morgan fingerprint density at radius 2 is 2.00 bits per heavy atom. The smallest absolute Gasteiger partial charge is 0.138 e. The van der Waals surface area contributed by atoms with Gasteiger partial charge in [-0.25, -0.2) is 4.98 Å². The molecule has 1 fully saturated rings. The quantitative estimate of drug-likeness (QED) is 0.912. The maximum Gasteiger partial charge on any atom is 0.138 e. The van der Waals surface area contributed by atoms with Crippen molar-refractivity contribution in [2.24, 2.45) is 29.5 Å². The van der Waals surface area contributed by atoms with Gasteiger partial charge in [-0.1, -0.05) is 20.8 Å². The summed E-state index contributed by atoms with van der Waals surface area (Å²) in [6, 6.07) is 0. The lowest BCUT2D eigenvalue weighted by Gasteiger charge is -2.43. The molecule has 1 heterocycles. The van der Waals surface area contributed by atoms with Crippen molar-refractivity contribution in [1.29, 1.82) is 0 Å². The fourth-order valence-corrected chi connectivity index (χ4v) is 3.36. The van der Waals surface area contributed by atoms with Crippen LogP contribution >= 0.6 is 0 Å². The lowest BCUT2D eigenvalue weighted by molar-refractivity contribution is 0.0906. The molecule has 0 spiro atoms. The van der Waals surface area contributed by atoms with Crippen LogP contribution in [-0.2, 0) is 13.5 Å². The van der Waals surface area contributed by atoms with Crippen molar-refractivity contribution in [3.05, 3.63) is 12.2 Å². The Morgan fingerprint density at radius 1 is 1.37 bits per heavy atom. The van der Waals surface area contributed by atoms with E-state index in [9.17, 15) is 0 Å². The minimum atomic E-state index is 0.239. The van der Waals surface area contributed by atoms with Gasteiger partial charge in [-0.2, -0.15) is 5.10 Å². The molecule has 0 amide bonds. The van der Waals surface area contributed by atoms with Crippen LogP contribution in [0.4, 0.5) is 0 Å². The number of aromatic nitrogens is 3. The molecule has 1 aromatic heterocycles. The summed E-state index contributed by atoms with van der Waals surface area (Å²) in [5.74, 6) is 1.89. The van der Waals surface area contributed by atoms with E-state index in [1.54, 1.807) is 6.33 Å². The van der Waals surface area contributed by atoms with E-state index < -0.39 is 0 Å². The van der Waals surface area contributed by atoms with Crippen LogP contribution in [-0.4, -0.2) is 21.3 Å². The van der Waals surface area contributed by atoms with Crippen LogP contribution in [0.3, 0.4) is 0 Å². The average molecular weight is 264 g/mol. The van der Waals surface area contributed by atoms with Gasteiger partial charge in [0.15, 0.2) is 0 Å². The number of aryl methyl sites for hydroxylation is 1. The van der Waals surface area contributed by atoms with Crippen LogP contribution in [0.5, 0.6) is 0 Å². The molecular formula is C15H28N4. The van der Waals surface area contributed by atoms with Gasteiger partial charge in [0.05, 0.1) is 0 Å². The summed E-state index contributed by atoms with van der Waals surface area (Å²) >= 11 is 0. The monoisotopic (exact) mass is 264 g/mol. The van der Waals surface area contributed by atoms with E-state index >= 15 is 0 Å². The first kappa shape index (κ1) is 14.5. The molecule has 19 heavy (non-hydrogen) atoms. The van der Waals surface area contributed by atoms with Gasteiger partial charge in [-0.15, -0.1) is 0 Å². The standard InChI is InChI=1S/C15H28N4/c1-14(2,3)12-5-7-15(10-16,8-6-12)9-13-17-11-18-19(13)4/h11-12H,5-10,16H2,1-4H3. The summed E-state index contributed by atoms with van der Waals surface area (Å²) in [4.78, 5) is 4.37. The van der Waals surface area contributed by atoms with E-state index in [1.807, 2.05) is 11.7 Å². The Morgan fingerprint density at radius 3 is 2.42 bits per heavy atom. The first-order valence-corrected chi connectivity index (χ1v) is 7.39. The SMILES string of the molecule is Cn1ncnc1CC1(CN)CCC(C(C)(C)C)CC1. The molecule has 2 N–H and O–H groups in total. The molecule has 0 aromatic carbocycles. The largest absolute Gasteiger partial charge is 0.330 e. The predicted octanol–water partition coefficient (Wildman–Crippen LogP) is 2.54. The highest BCUT2D eigenvalue weighted by Gasteiger charge is 2.38. The van der Waals surface area contributed by atoms with E-state index in [0.29, 0.717) is 5.41 Å². The first-order valence-electron chi connectivity index (χ1n) is 7.39. The zero-order valence-electron chi connectivity index (χ0n) is 12.8. The van der Waals surface area contributed by atoms with Gasteiger partial charge in [0, 0.05) is 13.5 Å². The van der Waals surface area contributed by atoms with E-state index in [1.165, 1.54) is 25.7 Å². The summed E-state index contributed by atoms with van der Waals surface area (Å²) in [6.45, 7) is 7.83. The molecular weight excluding hydrogens is 236 g/mol. The van der Waals surface area contributed by atoms with Crippen molar-refractivity contribution in [1.82, 2.24) is 14.8 Å². The van der Waals surface area contributed by atoms with Gasteiger partial charge in [-0.3, -0.25) is 4.68 Å². The number of rotatable bonds is 3. The Labute approximate surface area is 116 Å². The molecule has 0 unspecified atom stereocenters. The maximum atomic E-state index is 6.10. The Bertz CT molecular complexity index is 408. The summed E-state index contributed by atoms with van der Waals surface area (Å²) in [5, 5.41) is 4.17. The fraction of sp³-hybridized carbons (Fsp3) is 0.867. The van der Waals surface area contributed by atoms with Crippen molar-refractivity contribution >= 4 is 0 Å². The summed E-state index contributed by atoms with van der Waals surface area (Å²) in [6.07, 6.45) is 7.63. The van der Waals surface area contributed by atoms with Crippen LogP contribution in [0, 0.1) is 16.7 Å². The van der Waals surface area contributed by atoms with Crippen LogP contribution in [0.25, 0.3) is 0 Å². The minimum Gasteiger partial charge on any atom is -0.330 e. The third kappa shape index (κ3) is 3.16. The molecule has 4 heteroatoms. The molecule has 0 radical (unpaired) electrons. The molecule has 0 bridgehead atoms. The third-order valence-corrected chi connectivity index (χ3v) is 5.04. The van der Waals surface area contributed by atoms with Crippen molar-refractivity contribution in [3.8, 4) is 0 Å². The van der Waals surface area contributed by atoms with Crippen molar-refractivity contribution in [2.45, 2.75) is 52.9 Å². The topological polar surface area (TPSA) is 56.7 Å². The van der Waals surface area contributed by atoms with Gasteiger partial charge in [-0.05, 0) is 49.0 Å². The Kier molecular flexibility index (Phi) is 4.00. The Balaban J connectivity index is 2.04. The fourth-order valence-electron chi connectivity index (χ4n) is 3.36. The Hall–Kier alpha value is -0.900. The second-order valence-corrected chi connectivity index (χ2v) is 7.32. The molecule has 4 nitrogen and oxygen atoms in total. The highest BCUT2D eigenvalue weighted by atomic mass is 15.3.